The molecule has 4 aromatic rings. The van der Waals surface area contributed by atoms with E-state index in [0.29, 0.717) is 11.5 Å². The Kier molecular flexibility index (Phi) is 3.94. The van der Waals surface area contributed by atoms with Gasteiger partial charge in [-0.1, -0.05) is 45.8 Å². The summed E-state index contributed by atoms with van der Waals surface area (Å²) in [5.41, 5.74) is 4.99. The van der Waals surface area contributed by atoms with E-state index in [9.17, 15) is 4.79 Å². The van der Waals surface area contributed by atoms with Crippen LogP contribution in [0.1, 0.15) is 33.4 Å². The molecule has 2 aromatic heterocycles. The molecular formula is C22H16BrN3O2. The number of furan rings is 1. The quantitative estimate of drug-likeness (QED) is 0.464. The number of halogens is 1. The molecule has 0 saturated carbocycles. The highest BCUT2D eigenvalue weighted by Crippen LogP contribution is 2.45. The molecule has 1 N–H and O–H groups in total. The van der Waals surface area contributed by atoms with Gasteiger partial charge in [0.1, 0.15) is 17.5 Å². The fraction of sp³-hybridized carbons (Fsp3) is 0.0909. The minimum Gasteiger partial charge on any atom is -0.467 e. The Morgan fingerprint density at radius 2 is 1.82 bits per heavy atom. The largest absolute Gasteiger partial charge is 0.467 e. The van der Waals surface area contributed by atoms with Crippen LogP contribution >= 0.6 is 15.9 Å². The second kappa shape index (κ2) is 6.49. The molecule has 2 aromatic carbocycles. The number of amides is 1. The molecular weight excluding hydrogens is 418 g/mol. The SMILES string of the molecule is Cc1ccc(N2C(=O)c3[nH]nc(-c4ccc(Br)cc4)c3C2c2ccco2)cc1. The number of hydrogen-bond donors (Lipinski definition) is 1. The number of carbonyl (C=O) groups excluding carboxylic acids is 1. The van der Waals surface area contributed by atoms with Crippen molar-refractivity contribution in [3.63, 3.8) is 0 Å². The molecule has 5 nitrogen and oxygen atoms in total. The predicted octanol–water partition coefficient (Wildman–Crippen LogP) is 5.49. The second-order valence-electron chi connectivity index (χ2n) is 6.80. The van der Waals surface area contributed by atoms with E-state index in [1.165, 1.54) is 0 Å². The molecule has 0 radical (unpaired) electrons. The van der Waals surface area contributed by atoms with E-state index < -0.39 is 0 Å². The summed E-state index contributed by atoms with van der Waals surface area (Å²) in [6.07, 6.45) is 1.63. The number of aromatic amines is 1. The normalized spacial score (nSPS) is 15.9. The Morgan fingerprint density at radius 3 is 2.50 bits per heavy atom. The first-order valence-electron chi connectivity index (χ1n) is 8.91. The number of carbonyl (C=O) groups is 1. The number of fused-ring (bicyclic) bond motifs is 1. The molecule has 1 atom stereocenters. The first-order chi connectivity index (χ1) is 13.6. The number of benzene rings is 2. The van der Waals surface area contributed by atoms with Crippen LogP contribution in [-0.2, 0) is 0 Å². The van der Waals surface area contributed by atoms with Crippen LogP contribution in [0.25, 0.3) is 11.3 Å². The Morgan fingerprint density at radius 1 is 1.07 bits per heavy atom. The first kappa shape index (κ1) is 17.0. The van der Waals surface area contributed by atoms with Crippen molar-refractivity contribution in [2.24, 2.45) is 0 Å². The van der Waals surface area contributed by atoms with Crippen molar-refractivity contribution in [1.29, 1.82) is 0 Å². The lowest BCUT2D eigenvalue weighted by Gasteiger charge is -2.24. The third-order valence-corrected chi connectivity index (χ3v) is 5.54. The van der Waals surface area contributed by atoms with Crippen LogP contribution in [0, 0.1) is 6.92 Å². The monoisotopic (exact) mass is 433 g/mol. The zero-order chi connectivity index (χ0) is 19.3. The summed E-state index contributed by atoms with van der Waals surface area (Å²) in [5, 5.41) is 7.42. The Bertz CT molecular complexity index is 1150. The molecule has 138 valence electrons. The zero-order valence-electron chi connectivity index (χ0n) is 15.0. The Labute approximate surface area is 170 Å². The minimum atomic E-state index is -0.377. The highest BCUT2D eigenvalue weighted by Gasteiger charge is 2.44. The van der Waals surface area contributed by atoms with Crippen molar-refractivity contribution in [3.8, 4) is 11.3 Å². The molecule has 1 amide bonds. The van der Waals surface area contributed by atoms with E-state index in [4.69, 9.17) is 4.42 Å². The number of nitrogens with one attached hydrogen (secondary N) is 1. The molecule has 1 unspecified atom stereocenters. The smallest absolute Gasteiger partial charge is 0.277 e. The van der Waals surface area contributed by atoms with Crippen molar-refractivity contribution >= 4 is 27.5 Å². The summed E-state index contributed by atoms with van der Waals surface area (Å²) < 4.78 is 6.72. The lowest BCUT2D eigenvalue weighted by atomic mass is 10.00. The maximum Gasteiger partial charge on any atom is 0.277 e. The van der Waals surface area contributed by atoms with Gasteiger partial charge in [-0.25, -0.2) is 0 Å². The number of nitrogens with zero attached hydrogens (tertiary/aromatic N) is 2. The molecule has 5 rings (SSSR count). The molecule has 0 spiro atoms. The molecule has 0 fully saturated rings. The van der Waals surface area contributed by atoms with Crippen LogP contribution in [0.5, 0.6) is 0 Å². The summed E-state index contributed by atoms with van der Waals surface area (Å²) >= 11 is 3.46. The lowest BCUT2D eigenvalue weighted by molar-refractivity contribution is 0.0987. The molecule has 0 saturated heterocycles. The Balaban J connectivity index is 1.70. The summed E-state index contributed by atoms with van der Waals surface area (Å²) in [4.78, 5) is 15.1. The van der Waals surface area contributed by atoms with Crippen LogP contribution < -0.4 is 4.90 Å². The lowest BCUT2D eigenvalue weighted by Crippen LogP contribution is -2.29. The summed E-state index contributed by atoms with van der Waals surface area (Å²) in [7, 11) is 0. The molecule has 1 aliphatic rings. The van der Waals surface area contributed by atoms with Gasteiger partial charge in [0.05, 0.1) is 12.0 Å². The Hall–Kier alpha value is -3.12. The standard InChI is InChI=1S/C22H16BrN3O2/c1-13-4-10-16(11-5-13)26-21(17-3-2-12-28-17)18-19(24-25-20(18)22(26)27)14-6-8-15(23)9-7-14/h2-12,21H,1H3,(H,24,25). The average molecular weight is 434 g/mol. The number of rotatable bonds is 3. The number of H-pyrrole nitrogens is 1. The van der Waals surface area contributed by atoms with Crippen molar-refractivity contribution in [2.45, 2.75) is 13.0 Å². The fourth-order valence-corrected chi connectivity index (χ4v) is 3.93. The van der Waals surface area contributed by atoms with Crippen LogP contribution in [0.2, 0.25) is 0 Å². The van der Waals surface area contributed by atoms with E-state index in [1.54, 1.807) is 11.2 Å². The summed E-state index contributed by atoms with van der Waals surface area (Å²) in [6.45, 7) is 2.03. The molecule has 0 aliphatic carbocycles. The van der Waals surface area contributed by atoms with Crippen molar-refractivity contribution < 1.29 is 9.21 Å². The van der Waals surface area contributed by atoms with Crippen molar-refractivity contribution in [2.75, 3.05) is 4.90 Å². The number of hydrogen-bond acceptors (Lipinski definition) is 3. The van der Waals surface area contributed by atoms with Crippen LogP contribution in [-0.4, -0.2) is 16.1 Å². The number of aromatic nitrogens is 2. The number of anilines is 1. The van der Waals surface area contributed by atoms with Crippen molar-refractivity contribution in [3.05, 3.63) is 94.0 Å². The maximum atomic E-state index is 13.3. The zero-order valence-corrected chi connectivity index (χ0v) is 16.6. The van der Waals surface area contributed by atoms with Gasteiger partial charge in [0.2, 0.25) is 0 Å². The van der Waals surface area contributed by atoms with Crippen LogP contribution in [0.4, 0.5) is 5.69 Å². The average Bonchev–Trinajstić information content (AvgIpc) is 3.42. The van der Waals surface area contributed by atoms with E-state index >= 15 is 0 Å². The van der Waals surface area contributed by atoms with Gasteiger partial charge in [-0.05, 0) is 43.3 Å². The summed E-state index contributed by atoms with van der Waals surface area (Å²) in [5.74, 6) is 0.587. The van der Waals surface area contributed by atoms with Gasteiger partial charge in [-0.15, -0.1) is 0 Å². The van der Waals surface area contributed by atoms with E-state index in [-0.39, 0.29) is 11.9 Å². The van der Waals surface area contributed by atoms with E-state index in [1.807, 2.05) is 67.6 Å². The second-order valence-corrected chi connectivity index (χ2v) is 7.71. The number of aryl methyl sites for hydroxylation is 1. The molecule has 6 heteroatoms. The predicted molar refractivity (Wildman–Crippen MR) is 110 cm³/mol. The molecule has 28 heavy (non-hydrogen) atoms. The van der Waals surface area contributed by atoms with Gasteiger partial charge in [0, 0.05) is 21.3 Å². The van der Waals surface area contributed by atoms with Gasteiger partial charge in [-0.3, -0.25) is 14.8 Å². The molecule has 0 bridgehead atoms. The molecule has 3 heterocycles. The van der Waals surface area contributed by atoms with Gasteiger partial charge in [0.25, 0.3) is 5.91 Å². The van der Waals surface area contributed by atoms with Crippen LogP contribution in [0.3, 0.4) is 0 Å². The summed E-state index contributed by atoms with van der Waals surface area (Å²) in [6, 6.07) is 19.2. The third-order valence-electron chi connectivity index (χ3n) is 5.01. The molecule has 1 aliphatic heterocycles. The maximum absolute atomic E-state index is 13.3. The topological polar surface area (TPSA) is 62.1 Å². The first-order valence-corrected chi connectivity index (χ1v) is 9.70. The van der Waals surface area contributed by atoms with Gasteiger partial charge >= 0.3 is 0 Å². The highest BCUT2D eigenvalue weighted by atomic mass is 79.9. The van der Waals surface area contributed by atoms with Gasteiger partial charge < -0.3 is 4.42 Å². The third kappa shape index (κ3) is 2.60. The van der Waals surface area contributed by atoms with Crippen LogP contribution in [0.15, 0.2) is 75.8 Å². The van der Waals surface area contributed by atoms with Gasteiger partial charge in [-0.2, -0.15) is 5.10 Å². The minimum absolute atomic E-state index is 0.115. The van der Waals surface area contributed by atoms with Crippen molar-refractivity contribution in [1.82, 2.24) is 10.2 Å². The van der Waals surface area contributed by atoms with E-state index in [2.05, 4.69) is 26.1 Å². The fourth-order valence-electron chi connectivity index (χ4n) is 3.66. The van der Waals surface area contributed by atoms with E-state index in [0.717, 1.165) is 32.5 Å². The highest BCUT2D eigenvalue weighted by molar-refractivity contribution is 9.10. The van der Waals surface area contributed by atoms with Gasteiger partial charge in [0.15, 0.2) is 0 Å².